The number of nitrogens with zero attached hydrogens (tertiary/aromatic N) is 1. The van der Waals surface area contributed by atoms with Crippen molar-refractivity contribution in [1.82, 2.24) is 0 Å². The minimum Gasteiger partial charge on any atom is -0.380 e. The summed E-state index contributed by atoms with van der Waals surface area (Å²) in [5, 5.41) is 12.8. The molecule has 0 N–H and O–H groups in total. The molecule has 17 heavy (non-hydrogen) atoms. The Kier molecular flexibility index (Phi) is 2.62. The van der Waals surface area contributed by atoms with Crippen molar-refractivity contribution in [1.29, 1.82) is 5.26 Å². The SMILES string of the molecule is N#CC1(Cc2csc3ccccc23)CCOC1. The molecule has 0 aliphatic carbocycles. The van der Waals surface area contributed by atoms with Gasteiger partial charge in [-0.2, -0.15) is 5.26 Å². The molecule has 1 fully saturated rings. The van der Waals surface area contributed by atoms with Crippen LogP contribution in [-0.2, 0) is 11.2 Å². The van der Waals surface area contributed by atoms with Crippen molar-refractivity contribution >= 4 is 21.4 Å². The maximum Gasteiger partial charge on any atom is 0.0869 e. The fourth-order valence-corrected chi connectivity index (χ4v) is 3.37. The zero-order valence-electron chi connectivity index (χ0n) is 9.48. The van der Waals surface area contributed by atoms with Gasteiger partial charge in [0.1, 0.15) is 0 Å². The van der Waals surface area contributed by atoms with Crippen LogP contribution in [0.25, 0.3) is 10.1 Å². The molecule has 1 aromatic carbocycles. The highest BCUT2D eigenvalue weighted by molar-refractivity contribution is 7.17. The largest absolute Gasteiger partial charge is 0.380 e. The molecule has 0 amide bonds. The van der Waals surface area contributed by atoms with E-state index in [0.717, 1.165) is 19.4 Å². The molecule has 86 valence electrons. The van der Waals surface area contributed by atoms with Gasteiger partial charge in [-0.15, -0.1) is 11.3 Å². The molecule has 0 saturated carbocycles. The number of hydrogen-bond donors (Lipinski definition) is 0. The van der Waals surface area contributed by atoms with E-state index < -0.39 is 0 Å². The summed E-state index contributed by atoms with van der Waals surface area (Å²) >= 11 is 1.76. The monoisotopic (exact) mass is 243 g/mol. The maximum absolute atomic E-state index is 9.36. The Morgan fingerprint density at radius 2 is 2.29 bits per heavy atom. The molecule has 1 aromatic heterocycles. The van der Waals surface area contributed by atoms with Crippen molar-refractivity contribution in [2.45, 2.75) is 12.8 Å². The van der Waals surface area contributed by atoms with E-state index >= 15 is 0 Å². The van der Waals surface area contributed by atoms with Crippen LogP contribution >= 0.6 is 11.3 Å². The Labute approximate surface area is 104 Å². The predicted molar refractivity (Wildman–Crippen MR) is 69.0 cm³/mol. The Morgan fingerprint density at radius 1 is 1.41 bits per heavy atom. The van der Waals surface area contributed by atoms with Gasteiger partial charge in [-0.25, -0.2) is 0 Å². The van der Waals surface area contributed by atoms with Crippen molar-refractivity contribution in [3.8, 4) is 6.07 Å². The van der Waals surface area contributed by atoms with Gasteiger partial charge < -0.3 is 4.74 Å². The molecule has 3 heteroatoms. The molecule has 0 bridgehead atoms. The van der Waals surface area contributed by atoms with Gasteiger partial charge in [-0.3, -0.25) is 0 Å². The third-order valence-corrected chi connectivity index (χ3v) is 4.44. The summed E-state index contributed by atoms with van der Waals surface area (Å²) in [5.74, 6) is 0. The highest BCUT2D eigenvalue weighted by Gasteiger charge is 2.35. The average Bonchev–Trinajstić information content (AvgIpc) is 2.99. The lowest BCUT2D eigenvalue weighted by molar-refractivity contribution is 0.172. The molecule has 1 aliphatic rings. The van der Waals surface area contributed by atoms with Crippen LogP contribution in [0, 0.1) is 16.7 Å². The van der Waals surface area contributed by atoms with E-state index in [1.54, 1.807) is 11.3 Å². The maximum atomic E-state index is 9.36. The highest BCUT2D eigenvalue weighted by atomic mass is 32.1. The molecule has 1 atom stereocenters. The molecule has 1 saturated heterocycles. The minimum absolute atomic E-state index is 0.302. The van der Waals surface area contributed by atoms with Gasteiger partial charge in [0.2, 0.25) is 0 Å². The summed E-state index contributed by atoms with van der Waals surface area (Å²) in [4.78, 5) is 0. The molecule has 0 spiro atoms. The van der Waals surface area contributed by atoms with Gasteiger partial charge in [-0.05, 0) is 35.2 Å². The summed E-state index contributed by atoms with van der Waals surface area (Å²) in [6.07, 6.45) is 1.67. The van der Waals surface area contributed by atoms with E-state index in [0.29, 0.717) is 6.61 Å². The van der Waals surface area contributed by atoms with Crippen molar-refractivity contribution < 1.29 is 4.74 Å². The Morgan fingerprint density at radius 3 is 3.06 bits per heavy atom. The van der Waals surface area contributed by atoms with Gasteiger partial charge in [-0.1, -0.05) is 18.2 Å². The minimum atomic E-state index is -0.302. The quantitative estimate of drug-likeness (QED) is 0.810. The number of rotatable bonds is 2. The first-order chi connectivity index (χ1) is 8.33. The summed E-state index contributed by atoms with van der Waals surface area (Å²) in [7, 11) is 0. The zero-order chi connectivity index (χ0) is 11.7. The van der Waals surface area contributed by atoms with Crippen LogP contribution in [-0.4, -0.2) is 13.2 Å². The molecule has 2 nitrogen and oxygen atoms in total. The van der Waals surface area contributed by atoms with E-state index in [-0.39, 0.29) is 5.41 Å². The van der Waals surface area contributed by atoms with Crippen molar-refractivity contribution in [2.24, 2.45) is 5.41 Å². The lowest BCUT2D eigenvalue weighted by atomic mass is 9.82. The van der Waals surface area contributed by atoms with Gasteiger partial charge >= 0.3 is 0 Å². The summed E-state index contributed by atoms with van der Waals surface area (Å²) < 4.78 is 6.69. The second-order valence-electron chi connectivity index (χ2n) is 4.63. The molecular formula is C14H13NOS. The van der Waals surface area contributed by atoms with Crippen LogP contribution in [0.5, 0.6) is 0 Å². The second-order valence-corrected chi connectivity index (χ2v) is 5.54. The topological polar surface area (TPSA) is 33.0 Å². The fourth-order valence-electron chi connectivity index (χ4n) is 2.41. The van der Waals surface area contributed by atoms with Crippen LogP contribution in [0.4, 0.5) is 0 Å². The van der Waals surface area contributed by atoms with E-state index in [1.165, 1.54) is 15.6 Å². The van der Waals surface area contributed by atoms with E-state index in [4.69, 9.17) is 4.74 Å². The van der Waals surface area contributed by atoms with E-state index in [2.05, 4.69) is 35.7 Å². The smallest absolute Gasteiger partial charge is 0.0869 e. The fraction of sp³-hybridized carbons (Fsp3) is 0.357. The van der Waals surface area contributed by atoms with Crippen LogP contribution in [0.15, 0.2) is 29.6 Å². The molecule has 1 unspecified atom stereocenters. The Balaban J connectivity index is 1.97. The summed E-state index contributed by atoms with van der Waals surface area (Å²) in [6, 6.07) is 10.8. The first-order valence-electron chi connectivity index (χ1n) is 5.77. The van der Waals surface area contributed by atoms with E-state index in [1.807, 2.05) is 0 Å². The molecule has 0 radical (unpaired) electrons. The number of thiophene rings is 1. The zero-order valence-corrected chi connectivity index (χ0v) is 10.3. The molecular weight excluding hydrogens is 230 g/mol. The molecule has 1 aliphatic heterocycles. The summed E-state index contributed by atoms with van der Waals surface area (Å²) in [5.41, 5.74) is 0.988. The van der Waals surface area contributed by atoms with Gasteiger partial charge in [0.05, 0.1) is 18.1 Å². The third kappa shape index (κ3) is 1.84. The van der Waals surface area contributed by atoms with Crippen LogP contribution in [0.1, 0.15) is 12.0 Å². The van der Waals surface area contributed by atoms with Crippen LogP contribution < -0.4 is 0 Å². The first kappa shape index (κ1) is 10.8. The normalized spacial score (nSPS) is 23.9. The lowest BCUT2D eigenvalue weighted by Crippen LogP contribution is -2.21. The van der Waals surface area contributed by atoms with E-state index in [9.17, 15) is 5.26 Å². The number of benzene rings is 1. The standard InChI is InChI=1S/C14H13NOS/c15-9-14(5-6-16-10-14)7-11-8-17-13-4-2-1-3-12(11)13/h1-4,8H,5-7,10H2. The first-order valence-corrected chi connectivity index (χ1v) is 6.65. The Hall–Kier alpha value is -1.37. The number of ether oxygens (including phenoxy) is 1. The second kappa shape index (κ2) is 4.14. The lowest BCUT2D eigenvalue weighted by Gasteiger charge is -2.17. The molecule has 2 heterocycles. The average molecular weight is 243 g/mol. The number of hydrogen-bond acceptors (Lipinski definition) is 3. The van der Waals surface area contributed by atoms with Gasteiger partial charge in [0, 0.05) is 11.3 Å². The van der Waals surface area contributed by atoms with Crippen LogP contribution in [0.3, 0.4) is 0 Å². The molecule has 2 aromatic rings. The summed E-state index contributed by atoms with van der Waals surface area (Å²) in [6.45, 7) is 1.29. The van der Waals surface area contributed by atoms with Crippen molar-refractivity contribution in [3.63, 3.8) is 0 Å². The number of fused-ring (bicyclic) bond motifs is 1. The highest BCUT2D eigenvalue weighted by Crippen LogP contribution is 2.36. The van der Waals surface area contributed by atoms with Crippen molar-refractivity contribution in [3.05, 3.63) is 35.2 Å². The van der Waals surface area contributed by atoms with Gasteiger partial charge in [0.15, 0.2) is 0 Å². The number of nitriles is 1. The van der Waals surface area contributed by atoms with Crippen LogP contribution in [0.2, 0.25) is 0 Å². The third-order valence-electron chi connectivity index (χ3n) is 3.43. The van der Waals surface area contributed by atoms with Gasteiger partial charge in [0.25, 0.3) is 0 Å². The Bertz CT molecular complexity index is 575. The van der Waals surface area contributed by atoms with Crippen molar-refractivity contribution in [2.75, 3.05) is 13.2 Å². The predicted octanol–water partition coefficient (Wildman–Crippen LogP) is 3.37. The molecule has 3 rings (SSSR count).